The third-order valence-electron chi connectivity index (χ3n) is 7.06. The standard InChI is InChI=1S/C36H35NO7/c1-23(2)43-28-14-16-29(17-15-28)44-30-18-19-32-31(20-30)34(36(39)41-5)35(33(21-38)40-4)37(32)26-10-12-27(13-11-26)42-22-25-8-6-24(3)7-9-25/h6-21,23,33H,22H2,1-5H3. The fraction of sp³-hybridized carbons (Fsp3) is 0.222. The number of fused-ring (bicyclic) bond motifs is 1. The van der Waals surface area contributed by atoms with E-state index in [1.165, 1.54) is 19.8 Å². The number of aryl methyl sites for hydroxylation is 1. The van der Waals surface area contributed by atoms with Gasteiger partial charge in [0.1, 0.15) is 29.6 Å². The van der Waals surface area contributed by atoms with Crippen molar-refractivity contribution in [1.29, 1.82) is 0 Å². The second kappa shape index (κ2) is 13.5. The molecule has 1 heterocycles. The van der Waals surface area contributed by atoms with Crippen LogP contribution in [-0.2, 0) is 20.9 Å². The van der Waals surface area contributed by atoms with Crippen molar-refractivity contribution >= 4 is 23.2 Å². The minimum absolute atomic E-state index is 0.0591. The van der Waals surface area contributed by atoms with Crippen molar-refractivity contribution < 1.29 is 33.3 Å². The van der Waals surface area contributed by atoms with Crippen LogP contribution in [0.4, 0.5) is 0 Å². The summed E-state index contributed by atoms with van der Waals surface area (Å²) in [5.41, 5.74) is 4.20. The molecule has 0 amide bonds. The van der Waals surface area contributed by atoms with Gasteiger partial charge in [-0.2, -0.15) is 0 Å². The van der Waals surface area contributed by atoms with Crippen LogP contribution >= 0.6 is 0 Å². The molecule has 0 aliphatic heterocycles. The highest BCUT2D eigenvalue weighted by Crippen LogP contribution is 2.38. The van der Waals surface area contributed by atoms with Gasteiger partial charge in [0.25, 0.3) is 0 Å². The number of esters is 1. The van der Waals surface area contributed by atoms with Gasteiger partial charge in [-0.15, -0.1) is 0 Å². The average molecular weight is 594 g/mol. The van der Waals surface area contributed by atoms with Crippen molar-refractivity contribution in [3.8, 4) is 28.7 Å². The van der Waals surface area contributed by atoms with E-state index < -0.39 is 12.1 Å². The van der Waals surface area contributed by atoms with Gasteiger partial charge >= 0.3 is 5.97 Å². The maximum absolute atomic E-state index is 13.2. The lowest BCUT2D eigenvalue weighted by molar-refractivity contribution is -0.116. The molecule has 0 N–H and O–H groups in total. The van der Waals surface area contributed by atoms with Gasteiger partial charge in [0.15, 0.2) is 12.4 Å². The van der Waals surface area contributed by atoms with Crippen LogP contribution in [0.2, 0.25) is 0 Å². The van der Waals surface area contributed by atoms with Crippen molar-refractivity contribution in [1.82, 2.24) is 4.57 Å². The quantitative estimate of drug-likeness (QED) is 0.108. The normalized spacial score (nSPS) is 11.8. The Labute approximate surface area is 256 Å². The summed E-state index contributed by atoms with van der Waals surface area (Å²) in [5.74, 6) is 1.92. The molecule has 5 aromatic rings. The maximum atomic E-state index is 13.2. The first-order valence-corrected chi connectivity index (χ1v) is 14.3. The van der Waals surface area contributed by atoms with E-state index in [-0.39, 0.29) is 11.7 Å². The molecule has 0 saturated heterocycles. The van der Waals surface area contributed by atoms with E-state index in [2.05, 4.69) is 0 Å². The highest BCUT2D eigenvalue weighted by molar-refractivity contribution is 6.07. The first-order valence-electron chi connectivity index (χ1n) is 14.3. The minimum atomic E-state index is -1.04. The van der Waals surface area contributed by atoms with Crippen molar-refractivity contribution in [3.05, 3.63) is 113 Å². The Balaban J connectivity index is 1.53. The number of carbonyl (C=O) groups excluding carboxylic acids is 2. The molecule has 8 heteroatoms. The summed E-state index contributed by atoms with van der Waals surface area (Å²) in [5, 5.41) is 0.549. The summed E-state index contributed by atoms with van der Waals surface area (Å²) in [4.78, 5) is 25.4. The van der Waals surface area contributed by atoms with Crippen molar-refractivity contribution in [3.63, 3.8) is 0 Å². The number of nitrogens with zero attached hydrogens (tertiary/aromatic N) is 1. The molecule has 0 fully saturated rings. The van der Waals surface area contributed by atoms with Crippen LogP contribution in [0.1, 0.15) is 47.1 Å². The van der Waals surface area contributed by atoms with Crippen LogP contribution < -0.4 is 14.2 Å². The van der Waals surface area contributed by atoms with Gasteiger partial charge in [0, 0.05) is 18.2 Å². The molecule has 0 bridgehead atoms. The smallest absolute Gasteiger partial charge is 0.340 e. The van der Waals surface area contributed by atoms with Crippen LogP contribution in [0.3, 0.4) is 0 Å². The highest BCUT2D eigenvalue weighted by atomic mass is 16.5. The van der Waals surface area contributed by atoms with Crippen molar-refractivity contribution in [2.45, 2.75) is 39.6 Å². The molecular formula is C36H35NO7. The van der Waals surface area contributed by atoms with E-state index in [1.54, 1.807) is 6.07 Å². The molecule has 0 spiro atoms. The summed E-state index contributed by atoms with van der Waals surface area (Å²) in [7, 11) is 2.73. The lowest BCUT2D eigenvalue weighted by Gasteiger charge is -2.16. The predicted octanol–water partition coefficient (Wildman–Crippen LogP) is 7.77. The maximum Gasteiger partial charge on any atom is 0.340 e. The summed E-state index contributed by atoms with van der Waals surface area (Å²) in [6.45, 7) is 6.40. The molecule has 4 aromatic carbocycles. The summed E-state index contributed by atoms with van der Waals surface area (Å²) in [6, 6.07) is 28.3. The van der Waals surface area contributed by atoms with Gasteiger partial charge in [-0.25, -0.2) is 4.79 Å². The second-order valence-corrected chi connectivity index (χ2v) is 10.6. The Kier molecular flexibility index (Phi) is 9.31. The van der Waals surface area contributed by atoms with Gasteiger partial charge in [-0.1, -0.05) is 29.8 Å². The molecule has 226 valence electrons. The van der Waals surface area contributed by atoms with E-state index in [0.717, 1.165) is 11.3 Å². The lowest BCUT2D eigenvalue weighted by atomic mass is 10.1. The fourth-order valence-corrected chi connectivity index (χ4v) is 4.99. The number of benzene rings is 4. The molecule has 0 saturated carbocycles. The number of carbonyl (C=O) groups is 2. The number of rotatable bonds is 12. The SMILES string of the molecule is COC(=O)c1c(C(C=O)OC)n(-c2ccc(OCc3ccc(C)cc3)cc2)c2ccc(Oc3ccc(OC(C)C)cc3)cc12. The molecule has 0 aliphatic carbocycles. The molecular weight excluding hydrogens is 558 g/mol. The monoisotopic (exact) mass is 593 g/mol. The van der Waals surface area contributed by atoms with Gasteiger partial charge in [0.05, 0.1) is 30.0 Å². The van der Waals surface area contributed by atoms with Gasteiger partial charge in [-0.3, -0.25) is 0 Å². The molecule has 5 rings (SSSR count). The summed E-state index contributed by atoms with van der Waals surface area (Å²) >= 11 is 0. The van der Waals surface area contributed by atoms with Crippen molar-refractivity contribution in [2.75, 3.05) is 14.2 Å². The zero-order chi connectivity index (χ0) is 31.2. The third-order valence-corrected chi connectivity index (χ3v) is 7.06. The topological polar surface area (TPSA) is 85.2 Å². The van der Waals surface area contributed by atoms with Gasteiger partial charge in [-0.05, 0) is 93.1 Å². The molecule has 0 radical (unpaired) electrons. The number of ether oxygens (including phenoxy) is 5. The molecule has 1 aromatic heterocycles. The predicted molar refractivity (Wildman–Crippen MR) is 168 cm³/mol. The average Bonchev–Trinajstić information content (AvgIpc) is 3.36. The Hall–Kier alpha value is -5.08. The van der Waals surface area contributed by atoms with Crippen LogP contribution in [0.15, 0.2) is 91.0 Å². The van der Waals surface area contributed by atoms with Crippen LogP contribution in [0, 0.1) is 6.92 Å². The Bertz CT molecular complexity index is 1740. The summed E-state index contributed by atoms with van der Waals surface area (Å²) < 4.78 is 30.4. The first kappa shape index (κ1) is 30.4. The zero-order valence-corrected chi connectivity index (χ0v) is 25.4. The molecule has 1 unspecified atom stereocenters. The van der Waals surface area contributed by atoms with Gasteiger partial charge < -0.3 is 33.0 Å². The third kappa shape index (κ3) is 6.61. The summed E-state index contributed by atoms with van der Waals surface area (Å²) in [6.07, 6.45) is -0.315. The zero-order valence-electron chi connectivity index (χ0n) is 25.4. The number of aromatic nitrogens is 1. The Morgan fingerprint density at radius 3 is 2.07 bits per heavy atom. The fourth-order valence-electron chi connectivity index (χ4n) is 4.99. The first-order chi connectivity index (χ1) is 21.3. The highest BCUT2D eigenvalue weighted by Gasteiger charge is 2.30. The minimum Gasteiger partial charge on any atom is -0.491 e. The van der Waals surface area contributed by atoms with E-state index in [0.29, 0.717) is 52.4 Å². The number of hydrogen-bond acceptors (Lipinski definition) is 7. The largest absolute Gasteiger partial charge is 0.491 e. The molecule has 1 atom stereocenters. The lowest BCUT2D eigenvalue weighted by Crippen LogP contribution is -2.14. The second-order valence-electron chi connectivity index (χ2n) is 10.6. The molecule has 44 heavy (non-hydrogen) atoms. The van der Waals surface area contributed by atoms with Crippen LogP contribution in [0.5, 0.6) is 23.0 Å². The Morgan fingerprint density at radius 2 is 1.45 bits per heavy atom. The van der Waals surface area contributed by atoms with Crippen molar-refractivity contribution in [2.24, 2.45) is 0 Å². The van der Waals surface area contributed by atoms with E-state index in [4.69, 9.17) is 23.7 Å². The van der Waals surface area contributed by atoms with Gasteiger partial charge in [0.2, 0.25) is 0 Å². The Morgan fingerprint density at radius 1 is 0.818 bits per heavy atom. The van der Waals surface area contributed by atoms with E-state index >= 15 is 0 Å². The number of hydrogen-bond donors (Lipinski definition) is 0. The van der Waals surface area contributed by atoms with Crippen LogP contribution in [0.25, 0.3) is 16.6 Å². The number of methoxy groups -OCH3 is 2. The molecule has 0 aliphatic rings. The number of aldehydes is 1. The van der Waals surface area contributed by atoms with Crippen LogP contribution in [-0.4, -0.2) is 37.1 Å². The molecule has 8 nitrogen and oxygen atoms in total. The van der Waals surface area contributed by atoms with E-state index in [1.807, 2.05) is 110 Å². The van der Waals surface area contributed by atoms with E-state index in [9.17, 15) is 9.59 Å².